The molecular weight excluding hydrogens is 186 g/mol. The van der Waals surface area contributed by atoms with E-state index in [2.05, 4.69) is 18.8 Å². The Kier molecular flexibility index (Phi) is 2.55. The van der Waals surface area contributed by atoms with Crippen molar-refractivity contribution in [3.8, 4) is 0 Å². The highest BCUT2D eigenvalue weighted by Gasteiger charge is 2.22. The second-order valence-corrected chi connectivity index (χ2v) is 4.65. The lowest BCUT2D eigenvalue weighted by Crippen LogP contribution is -2.16. The maximum atomic E-state index is 7.68. The van der Waals surface area contributed by atoms with E-state index in [0.29, 0.717) is 5.92 Å². The maximum absolute atomic E-state index is 7.68. The molecule has 2 rings (SSSR count). The Morgan fingerprint density at radius 2 is 2.00 bits per heavy atom. The lowest BCUT2D eigenvalue weighted by Gasteiger charge is -2.12. The van der Waals surface area contributed by atoms with Crippen LogP contribution >= 0.6 is 0 Å². The van der Waals surface area contributed by atoms with Crippen molar-refractivity contribution in [3.05, 3.63) is 22.5 Å². The molecular formula is C12H19N3. The van der Waals surface area contributed by atoms with Gasteiger partial charge in [0.05, 0.1) is 0 Å². The van der Waals surface area contributed by atoms with Gasteiger partial charge in [0.1, 0.15) is 5.84 Å². The Morgan fingerprint density at radius 3 is 2.60 bits per heavy atom. The summed E-state index contributed by atoms with van der Waals surface area (Å²) in [6.45, 7) is 4.29. The molecule has 0 saturated heterocycles. The molecule has 15 heavy (non-hydrogen) atoms. The van der Waals surface area contributed by atoms with E-state index in [0.717, 1.165) is 24.1 Å². The molecule has 82 valence electrons. The summed E-state index contributed by atoms with van der Waals surface area (Å²) in [7, 11) is 0. The molecule has 0 unspecified atom stereocenters. The van der Waals surface area contributed by atoms with Gasteiger partial charge in [-0.3, -0.25) is 5.41 Å². The normalized spacial score (nSPS) is 15.4. The number of nitrogens with two attached hydrogens (primary N) is 1. The number of hydrogen-bond acceptors (Lipinski definition) is 1. The van der Waals surface area contributed by atoms with E-state index in [1.165, 1.54) is 24.1 Å². The number of aromatic nitrogens is 1. The van der Waals surface area contributed by atoms with E-state index in [1.807, 2.05) is 0 Å². The lowest BCUT2D eigenvalue weighted by atomic mass is 9.92. The number of aryl methyl sites for hydroxylation is 1. The summed E-state index contributed by atoms with van der Waals surface area (Å²) < 4.78 is 0. The molecule has 0 radical (unpaired) electrons. The Labute approximate surface area is 90.6 Å². The molecule has 0 spiro atoms. The van der Waals surface area contributed by atoms with Crippen LogP contribution in [0.2, 0.25) is 0 Å². The third-order valence-corrected chi connectivity index (χ3v) is 3.17. The quantitative estimate of drug-likeness (QED) is 0.503. The number of amidine groups is 1. The van der Waals surface area contributed by atoms with E-state index in [1.54, 1.807) is 0 Å². The molecule has 0 fully saturated rings. The first-order chi connectivity index (χ1) is 7.11. The van der Waals surface area contributed by atoms with Crippen molar-refractivity contribution in [1.29, 1.82) is 5.41 Å². The Balaban J connectivity index is 2.56. The Morgan fingerprint density at radius 1 is 1.33 bits per heavy atom. The molecule has 3 heteroatoms. The SMILES string of the molecule is CC(C)c1[nH]c2c(c1C(=N)N)CCCC2. The molecule has 1 aliphatic rings. The molecule has 1 aromatic heterocycles. The van der Waals surface area contributed by atoms with Gasteiger partial charge in [0, 0.05) is 17.0 Å². The van der Waals surface area contributed by atoms with Crippen molar-refractivity contribution in [3.63, 3.8) is 0 Å². The molecule has 0 aromatic carbocycles. The fraction of sp³-hybridized carbons (Fsp3) is 0.583. The maximum Gasteiger partial charge on any atom is 0.124 e. The van der Waals surface area contributed by atoms with E-state index in [-0.39, 0.29) is 5.84 Å². The third kappa shape index (κ3) is 1.66. The van der Waals surface area contributed by atoms with Gasteiger partial charge < -0.3 is 10.7 Å². The zero-order valence-corrected chi connectivity index (χ0v) is 9.48. The molecule has 0 atom stereocenters. The van der Waals surface area contributed by atoms with Crippen molar-refractivity contribution in [2.24, 2.45) is 5.73 Å². The average molecular weight is 205 g/mol. The number of nitrogens with one attached hydrogen (secondary N) is 2. The van der Waals surface area contributed by atoms with Gasteiger partial charge in [-0.25, -0.2) is 0 Å². The van der Waals surface area contributed by atoms with Crippen molar-refractivity contribution < 1.29 is 0 Å². The van der Waals surface area contributed by atoms with Crippen LogP contribution in [-0.2, 0) is 12.8 Å². The van der Waals surface area contributed by atoms with Crippen molar-refractivity contribution in [1.82, 2.24) is 4.98 Å². The van der Waals surface area contributed by atoms with Gasteiger partial charge in [-0.1, -0.05) is 13.8 Å². The van der Waals surface area contributed by atoms with Gasteiger partial charge in [0.2, 0.25) is 0 Å². The lowest BCUT2D eigenvalue weighted by molar-refractivity contribution is 0.675. The van der Waals surface area contributed by atoms with E-state index >= 15 is 0 Å². The molecule has 4 N–H and O–H groups in total. The smallest absolute Gasteiger partial charge is 0.124 e. The third-order valence-electron chi connectivity index (χ3n) is 3.17. The van der Waals surface area contributed by atoms with E-state index < -0.39 is 0 Å². The highest BCUT2D eigenvalue weighted by atomic mass is 14.8. The zero-order valence-electron chi connectivity index (χ0n) is 9.48. The molecule has 1 aromatic rings. The summed E-state index contributed by atoms with van der Waals surface area (Å²) in [4.78, 5) is 3.46. The van der Waals surface area contributed by atoms with Crippen molar-refractivity contribution >= 4 is 5.84 Å². The van der Waals surface area contributed by atoms with Gasteiger partial charge in [0.15, 0.2) is 0 Å². The molecule has 0 saturated carbocycles. The first-order valence-electron chi connectivity index (χ1n) is 5.69. The predicted molar refractivity (Wildman–Crippen MR) is 62.5 cm³/mol. The monoisotopic (exact) mass is 205 g/mol. The van der Waals surface area contributed by atoms with Gasteiger partial charge in [0.25, 0.3) is 0 Å². The number of nitrogen functional groups attached to an aromatic ring is 1. The fourth-order valence-corrected chi connectivity index (χ4v) is 2.45. The van der Waals surface area contributed by atoms with Gasteiger partial charge in [-0.05, 0) is 37.2 Å². The minimum absolute atomic E-state index is 0.220. The number of rotatable bonds is 2. The molecule has 0 amide bonds. The molecule has 1 aliphatic carbocycles. The van der Waals surface area contributed by atoms with Crippen LogP contribution in [-0.4, -0.2) is 10.8 Å². The fourth-order valence-electron chi connectivity index (χ4n) is 2.45. The van der Waals surface area contributed by atoms with Crippen LogP contribution in [0.25, 0.3) is 0 Å². The zero-order chi connectivity index (χ0) is 11.0. The van der Waals surface area contributed by atoms with Gasteiger partial charge >= 0.3 is 0 Å². The first kappa shape index (κ1) is 10.3. The topological polar surface area (TPSA) is 65.7 Å². The van der Waals surface area contributed by atoms with Crippen LogP contribution in [0, 0.1) is 5.41 Å². The van der Waals surface area contributed by atoms with Crippen LogP contribution in [0.3, 0.4) is 0 Å². The van der Waals surface area contributed by atoms with Crippen LogP contribution in [0.15, 0.2) is 0 Å². The predicted octanol–water partition coefficient (Wildman–Crippen LogP) is 2.30. The summed E-state index contributed by atoms with van der Waals surface area (Å²) in [6, 6.07) is 0. The molecule has 1 heterocycles. The summed E-state index contributed by atoms with van der Waals surface area (Å²) in [6.07, 6.45) is 4.67. The van der Waals surface area contributed by atoms with E-state index in [9.17, 15) is 0 Å². The van der Waals surface area contributed by atoms with Gasteiger partial charge in [-0.2, -0.15) is 0 Å². The summed E-state index contributed by atoms with van der Waals surface area (Å²) in [5, 5.41) is 7.68. The largest absolute Gasteiger partial charge is 0.384 e. The first-order valence-corrected chi connectivity index (χ1v) is 5.69. The highest BCUT2D eigenvalue weighted by molar-refractivity contribution is 5.98. The van der Waals surface area contributed by atoms with Crippen LogP contribution in [0.1, 0.15) is 55.1 Å². The van der Waals surface area contributed by atoms with Crippen LogP contribution in [0.5, 0.6) is 0 Å². The highest BCUT2D eigenvalue weighted by Crippen LogP contribution is 2.30. The minimum Gasteiger partial charge on any atom is -0.384 e. The molecule has 0 bridgehead atoms. The van der Waals surface area contributed by atoms with Crippen LogP contribution < -0.4 is 5.73 Å². The summed E-state index contributed by atoms with van der Waals surface area (Å²) >= 11 is 0. The summed E-state index contributed by atoms with van der Waals surface area (Å²) in [5.41, 5.74) is 10.4. The number of H-pyrrole nitrogens is 1. The second-order valence-electron chi connectivity index (χ2n) is 4.65. The summed E-state index contributed by atoms with van der Waals surface area (Å²) in [5.74, 6) is 0.632. The van der Waals surface area contributed by atoms with Gasteiger partial charge in [-0.15, -0.1) is 0 Å². The van der Waals surface area contributed by atoms with E-state index in [4.69, 9.17) is 11.1 Å². The minimum atomic E-state index is 0.220. The molecule has 3 nitrogen and oxygen atoms in total. The average Bonchev–Trinajstić information content (AvgIpc) is 2.56. The number of fused-ring (bicyclic) bond motifs is 1. The number of aromatic amines is 1. The van der Waals surface area contributed by atoms with Crippen LogP contribution in [0.4, 0.5) is 0 Å². The Hall–Kier alpha value is -1.25. The second kappa shape index (κ2) is 3.72. The molecule has 0 aliphatic heterocycles. The van der Waals surface area contributed by atoms with Crippen molar-refractivity contribution in [2.45, 2.75) is 45.4 Å². The standard InChI is InChI=1S/C12H19N3/c1-7(2)11-10(12(13)14)8-5-3-4-6-9(8)15-11/h7,15H,3-6H2,1-2H3,(H3,13,14). The number of hydrogen-bond donors (Lipinski definition) is 3. The van der Waals surface area contributed by atoms with Crippen molar-refractivity contribution in [2.75, 3.05) is 0 Å². The Bertz CT molecular complexity index is 388.